The van der Waals surface area contributed by atoms with Crippen molar-refractivity contribution in [1.82, 2.24) is 20.3 Å². The Morgan fingerprint density at radius 3 is 2.60 bits per heavy atom. The van der Waals surface area contributed by atoms with Gasteiger partial charge in [-0.05, 0) is 31.5 Å². The summed E-state index contributed by atoms with van der Waals surface area (Å²) in [4.78, 5) is 23.5. The average molecular weight is 443 g/mol. The van der Waals surface area contributed by atoms with Gasteiger partial charge in [0.25, 0.3) is 5.91 Å². The van der Waals surface area contributed by atoms with Crippen molar-refractivity contribution in [2.75, 3.05) is 11.9 Å². The number of pyridine rings is 1. The highest BCUT2D eigenvalue weighted by Gasteiger charge is 2.34. The van der Waals surface area contributed by atoms with Crippen LogP contribution in [0.5, 0.6) is 0 Å². The number of halogens is 4. The molecule has 3 aromatic heterocycles. The number of anilines is 1. The minimum absolute atomic E-state index is 0.0314. The number of aliphatic hydroxyl groups excluding tert-OH is 1. The molecule has 12 heteroatoms. The second-order valence-corrected chi connectivity index (χ2v) is 7.63. The number of fused-ring (bicyclic) bond motifs is 1. The molecule has 2 atom stereocenters. The lowest BCUT2D eigenvalue weighted by molar-refractivity contribution is -0.134. The molecule has 3 N–H and O–H groups in total. The lowest BCUT2D eigenvalue weighted by Gasteiger charge is -2.15. The first kappa shape index (κ1) is 21.8. The van der Waals surface area contributed by atoms with Crippen molar-refractivity contribution in [1.29, 1.82) is 0 Å². The number of nitrogens with zero attached hydrogens (tertiary/aromatic N) is 3. The Hall–Kier alpha value is -2.86. The van der Waals surface area contributed by atoms with E-state index in [-0.39, 0.29) is 28.4 Å². The van der Waals surface area contributed by atoms with E-state index >= 15 is 0 Å². The molecule has 0 spiro atoms. The predicted octanol–water partition coefficient (Wildman–Crippen LogP) is 3.53. The van der Waals surface area contributed by atoms with Gasteiger partial charge in [-0.2, -0.15) is 13.2 Å². The van der Waals surface area contributed by atoms with Crippen molar-refractivity contribution in [3.63, 3.8) is 0 Å². The maximum atomic E-state index is 13.4. The Labute approximate surface area is 172 Å². The van der Waals surface area contributed by atoms with Gasteiger partial charge >= 0.3 is 6.18 Å². The highest BCUT2D eigenvalue weighted by Crippen LogP contribution is 2.38. The number of carbonyl (C=O) groups is 1. The van der Waals surface area contributed by atoms with Crippen molar-refractivity contribution in [3.05, 3.63) is 46.5 Å². The van der Waals surface area contributed by atoms with Crippen LogP contribution in [-0.2, 0) is 6.18 Å². The number of amides is 1. The highest BCUT2D eigenvalue weighted by molar-refractivity contribution is 7.19. The summed E-state index contributed by atoms with van der Waals surface area (Å²) in [5.74, 6) is -1.40. The molecule has 0 aliphatic heterocycles. The van der Waals surface area contributed by atoms with Gasteiger partial charge in [-0.1, -0.05) is 0 Å². The second kappa shape index (κ2) is 8.48. The molecule has 0 fully saturated rings. The van der Waals surface area contributed by atoms with Gasteiger partial charge in [0, 0.05) is 12.7 Å². The zero-order valence-corrected chi connectivity index (χ0v) is 16.6. The van der Waals surface area contributed by atoms with Crippen LogP contribution in [0.15, 0.2) is 24.5 Å². The first-order valence-electron chi connectivity index (χ1n) is 8.76. The third kappa shape index (κ3) is 5.00. The number of aromatic nitrogens is 3. The molecule has 0 saturated carbocycles. The number of carbonyl (C=O) groups excluding carboxylic acids is 1. The Bertz CT molecular complexity index is 1070. The predicted molar refractivity (Wildman–Crippen MR) is 103 cm³/mol. The molecule has 3 aromatic rings. The smallest absolute Gasteiger partial charge is 0.392 e. The van der Waals surface area contributed by atoms with E-state index in [1.54, 1.807) is 6.92 Å². The van der Waals surface area contributed by atoms with Crippen LogP contribution in [0.2, 0.25) is 0 Å². The van der Waals surface area contributed by atoms with Gasteiger partial charge in [0.2, 0.25) is 5.95 Å². The van der Waals surface area contributed by atoms with Crippen LogP contribution < -0.4 is 10.6 Å². The van der Waals surface area contributed by atoms with Crippen LogP contribution in [0, 0.1) is 5.82 Å². The van der Waals surface area contributed by atoms with Crippen LogP contribution in [0.3, 0.4) is 0 Å². The summed E-state index contributed by atoms with van der Waals surface area (Å²) in [6.45, 7) is 3.01. The van der Waals surface area contributed by atoms with Crippen molar-refractivity contribution in [2.24, 2.45) is 0 Å². The van der Waals surface area contributed by atoms with Crippen molar-refractivity contribution < 1.29 is 27.5 Å². The van der Waals surface area contributed by atoms with Crippen LogP contribution >= 0.6 is 11.3 Å². The number of alkyl halides is 3. The van der Waals surface area contributed by atoms with Gasteiger partial charge in [0.1, 0.15) is 10.7 Å². The summed E-state index contributed by atoms with van der Waals surface area (Å²) in [5, 5.41) is 14.6. The fraction of sp³-hybridized carbons (Fsp3) is 0.333. The summed E-state index contributed by atoms with van der Waals surface area (Å²) in [6.07, 6.45) is -3.00. The van der Waals surface area contributed by atoms with Gasteiger partial charge in [0.05, 0.1) is 28.6 Å². The molecule has 30 heavy (non-hydrogen) atoms. The van der Waals surface area contributed by atoms with E-state index in [9.17, 15) is 27.5 Å². The molecule has 3 heterocycles. The molecule has 0 radical (unpaired) electrons. The van der Waals surface area contributed by atoms with Gasteiger partial charge in [0.15, 0.2) is 5.69 Å². The van der Waals surface area contributed by atoms with Crippen LogP contribution in [0.1, 0.15) is 40.8 Å². The third-order valence-electron chi connectivity index (χ3n) is 4.00. The van der Waals surface area contributed by atoms with Crippen molar-refractivity contribution in [2.45, 2.75) is 32.2 Å². The molecule has 1 amide bonds. The Morgan fingerprint density at radius 1 is 1.23 bits per heavy atom. The molecule has 0 bridgehead atoms. The quantitative estimate of drug-likeness (QED) is 0.504. The summed E-state index contributed by atoms with van der Waals surface area (Å²) in [6, 6.07) is 1.54. The maximum absolute atomic E-state index is 13.4. The van der Waals surface area contributed by atoms with E-state index in [0.29, 0.717) is 16.9 Å². The lowest BCUT2D eigenvalue weighted by Crippen LogP contribution is -2.31. The first-order chi connectivity index (χ1) is 14.0. The van der Waals surface area contributed by atoms with E-state index in [1.807, 2.05) is 0 Å². The van der Waals surface area contributed by atoms with Crippen LogP contribution in [-0.4, -0.2) is 38.6 Å². The standard InChI is InChI=1S/C18H17F4N5O2S/c1-8(28)5-24-16(29)14-15-12(4-13(30-15)18(20,21)22)26-17(27-14)25-9(2)10-3-11(19)7-23-6-10/h3-4,6-9,28H,5H2,1-2H3,(H,24,29)(H,25,26,27)/t8-,9+/m1/s1. The van der Waals surface area contributed by atoms with E-state index in [4.69, 9.17) is 0 Å². The fourth-order valence-electron chi connectivity index (χ4n) is 2.55. The van der Waals surface area contributed by atoms with E-state index in [0.717, 1.165) is 12.3 Å². The van der Waals surface area contributed by atoms with Crippen LogP contribution in [0.4, 0.5) is 23.5 Å². The number of hydrogen-bond acceptors (Lipinski definition) is 7. The molecule has 7 nitrogen and oxygen atoms in total. The van der Waals surface area contributed by atoms with Gasteiger partial charge in [-0.25, -0.2) is 14.4 Å². The second-order valence-electron chi connectivity index (χ2n) is 6.58. The molecule has 160 valence electrons. The Kier molecular flexibility index (Phi) is 6.17. The number of rotatable bonds is 6. The van der Waals surface area contributed by atoms with E-state index in [2.05, 4.69) is 25.6 Å². The summed E-state index contributed by atoms with van der Waals surface area (Å²) >= 11 is 0.359. The summed E-state index contributed by atoms with van der Waals surface area (Å²) in [5.41, 5.74) is 0.143. The largest absolute Gasteiger partial charge is 0.425 e. The van der Waals surface area contributed by atoms with Crippen LogP contribution in [0.25, 0.3) is 10.2 Å². The lowest BCUT2D eigenvalue weighted by atomic mass is 10.1. The molecule has 0 aromatic carbocycles. The molecular weight excluding hydrogens is 426 g/mol. The summed E-state index contributed by atoms with van der Waals surface area (Å²) in [7, 11) is 0. The summed E-state index contributed by atoms with van der Waals surface area (Å²) < 4.78 is 52.8. The number of aliphatic hydroxyl groups is 1. The average Bonchev–Trinajstić information content (AvgIpc) is 3.10. The normalized spacial score (nSPS) is 13.8. The maximum Gasteiger partial charge on any atom is 0.425 e. The highest BCUT2D eigenvalue weighted by atomic mass is 32.1. The van der Waals surface area contributed by atoms with E-state index in [1.165, 1.54) is 19.2 Å². The number of hydrogen-bond donors (Lipinski definition) is 3. The van der Waals surface area contributed by atoms with E-state index < -0.39 is 34.9 Å². The van der Waals surface area contributed by atoms with Gasteiger partial charge < -0.3 is 15.7 Å². The number of thiophene rings is 1. The monoisotopic (exact) mass is 443 g/mol. The minimum atomic E-state index is -4.60. The Balaban J connectivity index is 2.01. The topological polar surface area (TPSA) is 100 Å². The minimum Gasteiger partial charge on any atom is -0.392 e. The number of nitrogens with one attached hydrogen (secondary N) is 2. The third-order valence-corrected chi connectivity index (χ3v) is 5.17. The van der Waals surface area contributed by atoms with Gasteiger partial charge in [-0.15, -0.1) is 11.3 Å². The Morgan fingerprint density at radius 2 is 1.97 bits per heavy atom. The zero-order chi connectivity index (χ0) is 22.1. The fourth-order valence-corrected chi connectivity index (χ4v) is 3.50. The molecule has 3 rings (SSSR count). The first-order valence-corrected chi connectivity index (χ1v) is 9.58. The van der Waals surface area contributed by atoms with Crippen molar-refractivity contribution >= 4 is 33.4 Å². The molecule has 0 aliphatic carbocycles. The molecule has 0 saturated heterocycles. The molecule has 0 aliphatic rings. The SMILES string of the molecule is C[C@H](Nc1nc(C(=O)NC[C@@H](C)O)c2sc(C(F)(F)F)cc2n1)c1cncc(F)c1. The zero-order valence-electron chi connectivity index (χ0n) is 15.8. The molecule has 0 unspecified atom stereocenters. The van der Waals surface area contributed by atoms with Gasteiger partial charge in [-0.3, -0.25) is 9.78 Å². The molecular formula is C18H17F4N5O2S. The van der Waals surface area contributed by atoms with Crippen molar-refractivity contribution in [3.8, 4) is 0 Å².